The number of aryl methyl sites for hydroxylation is 1. The number of halogens is 5. The zero-order valence-electron chi connectivity index (χ0n) is 19.7. The van der Waals surface area contributed by atoms with E-state index in [1.807, 2.05) is 30.9 Å². The summed E-state index contributed by atoms with van der Waals surface area (Å²) < 4.78 is 74.3. The molecular weight excluding hydrogens is 481 g/mol. The molecule has 0 atom stereocenters. The summed E-state index contributed by atoms with van der Waals surface area (Å²) in [6.45, 7) is 4.46. The van der Waals surface area contributed by atoms with E-state index in [0.717, 1.165) is 21.7 Å². The Balaban J connectivity index is 1.33. The average molecular weight is 505 g/mol. The van der Waals surface area contributed by atoms with Crippen LogP contribution in [-0.4, -0.2) is 38.7 Å². The fourth-order valence-corrected chi connectivity index (χ4v) is 4.04. The predicted octanol–water partition coefficient (Wildman–Crippen LogP) is 5.34. The summed E-state index contributed by atoms with van der Waals surface area (Å²) in [5, 5.41) is 2.76. The lowest BCUT2D eigenvalue weighted by Gasteiger charge is -2.37. The SMILES string of the molecule is Cc1cccc(OCC(=O)Nc2ccc(N3CCN(c4c(F)c(F)c(F)c(F)c4F)CC3)cc2)c1C. The lowest BCUT2D eigenvalue weighted by molar-refractivity contribution is -0.118. The number of carbonyl (C=O) groups is 1. The molecule has 1 N–H and O–H groups in total. The van der Waals surface area contributed by atoms with Crippen LogP contribution in [0.5, 0.6) is 5.75 Å². The average Bonchev–Trinajstić information content (AvgIpc) is 2.88. The molecule has 0 bridgehead atoms. The van der Waals surface area contributed by atoms with Gasteiger partial charge in [0.05, 0.1) is 0 Å². The number of hydrogen-bond donors (Lipinski definition) is 1. The van der Waals surface area contributed by atoms with E-state index >= 15 is 0 Å². The molecule has 5 nitrogen and oxygen atoms in total. The molecule has 1 aliphatic rings. The number of nitrogens with zero attached hydrogens (tertiary/aromatic N) is 2. The van der Waals surface area contributed by atoms with Crippen molar-refractivity contribution in [3.05, 3.63) is 82.7 Å². The van der Waals surface area contributed by atoms with Gasteiger partial charge in [0.1, 0.15) is 11.4 Å². The molecule has 0 radical (unpaired) electrons. The maximum absolute atomic E-state index is 14.1. The molecule has 4 rings (SSSR count). The number of ether oxygens (including phenoxy) is 1. The first-order valence-electron chi connectivity index (χ1n) is 11.3. The minimum Gasteiger partial charge on any atom is -0.483 e. The van der Waals surface area contributed by atoms with Crippen molar-refractivity contribution in [3.8, 4) is 5.75 Å². The third-order valence-electron chi connectivity index (χ3n) is 6.21. The summed E-state index contributed by atoms with van der Waals surface area (Å²) in [5.41, 5.74) is 2.48. The van der Waals surface area contributed by atoms with E-state index in [-0.39, 0.29) is 25.6 Å². The molecule has 0 aromatic heterocycles. The highest BCUT2D eigenvalue weighted by molar-refractivity contribution is 5.92. The normalized spacial score (nSPS) is 13.6. The largest absolute Gasteiger partial charge is 0.483 e. The van der Waals surface area contributed by atoms with Crippen molar-refractivity contribution >= 4 is 23.0 Å². The van der Waals surface area contributed by atoms with Gasteiger partial charge >= 0.3 is 0 Å². The topological polar surface area (TPSA) is 44.8 Å². The molecule has 36 heavy (non-hydrogen) atoms. The molecular formula is C26H24F5N3O2. The van der Waals surface area contributed by atoms with Crippen LogP contribution in [0.3, 0.4) is 0 Å². The standard InChI is InChI=1S/C26H24F5N3O2/c1-15-4-3-5-19(16(15)2)36-14-20(35)32-17-6-8-18(9-7-17)33-10-12-34(13-11-33)26-24(30)22(28)21(27)23(29)25(26)31/h3-9H,10-14H2,1-2H3,(H,32,35). The molecule has 0 unspecified atom stereocenters. The van der Waals surface area contributed by atoms with Gasteiger partial charge in [0.15, 0.2) is 29.9 Å². The van der Waals surface area contributed by atoms with Gasteiger partial charge in [-0.2, -0.15) is 0 Å². The van der Waals surface area contributed by atoms with Gasteiger partial charge in [-0.1, -0.05) is 12.1 Å². The minimum absolute atomic E-state index is 0.0621. The Morgan fingerprint density at radius 1 is 0.806 bits per heavy atom. The molecule has 1 fully saturated rings. The Morgan fingerprint density at radius 3 is 1.97 bits per heavy atom. The monoisotopic (exact) mass is 505 g/mol. The second-order valence-electron chi connectivity index (χ2n) is 8.47. The number of piperazine rings is 1. The molecule has 190 valence electrons. The van der Waals surface area contributed by atoms with Gasteiger partial charge in [-0.3, -0.25) is 4.79 Å². The predicted molar refractivity (Wildman–Crippen MR) is 127 cm³/mol. The van der Waals surface area contributed by atoms with Crippen molar-refractivity contribution < 1.29 is 31.5 Å². The molecule has 0 aliphatic carbocycles. The fraction of sp³-hybridized carbons (Fsp3) is 0.269. The van der Waals surface area contributed by atoms with Crippen molar-refractivity contribution in [1.82, 2.24) is 0 Å². The number of anilines is 3. The maximum Gasteiger partial charge on any atom is 0.262 e. The van der Waals surface area contributed by atoms with Gasteiger partial charge in [-0.15, -0.1) is 0 Å². The summed E-state index contributed by atoms with van der Waals surface area (Å²) >= 11 is 0. The first kappa shape index (κ1) is 25.3. The van der Waals surface area contributed by atoms with Crippen LogP contribution in [0.25, 0.3) is 0 Å². The number of amides is 1. The van der Waals surface area contributed by atoms with Gasteiger partial charge in [0, 0.05) is 37.6 Å². The molecule has 0 saturated carbocycles. The summed E-state index contributed by atoms with van der Waals surface area (Å²) in [6.07, 6.45) is 0. The van der Waals surface area contributed by atoms with E-state index in [4.69, 9.17) is 4.74 Å². The molecule has 3 aromatic carbocycles. The van der Waals surface area contributed by atoms with E-state index in [1.54, 1.807) is 30.3 Å². The van der Waals surface area contributed by atoms with Crippen molar-refractivity contribution in [3.63, 3.8) is 0 Å². The lowest BCUT2D eigenvalue weighted by Crippen LogP contribution is -2.47. The Morgan fingerprint density at radius 2 is 1.36 bits per heavy atom. The second kappa shape index (κ2) is 10.4. The van der Waals surface area contributed by atoms with Crippen LogP contribution in [0, 0.1) is 42.9 Å². The number of carbonyl (C=O) groups excluding carboxylic acids is 1. The molecule has 10 heteroatoms. The smallest absolute Gasteiger partial charge is 0.262 e. The van der Waals surface area contributed by atoms with Gasteiger partial charge < -0.3 is 19.9 Å². The number of nitrogens with one attached hydrogen (secondary N) is 1. The van der Waals surface area contributed by atoms with E-state index in [0.29, 0.717) is 24.5 Å². The fourth-order valence-electron chi connectivity index (χ4n) is 4.04. The van der Waals surface area contributed by atoms with Gasteiger partial charge in [-0.05, 0) is 55.3 Å². The highest BCUT2D eigenvalue weighted by Gasteiger charge is 2.30. The van der Waals surface area contributed by atoms with Crippen LogP contribution >= 0.6 is 0 Å². The number of hydrogen-bond acceptors (Lipinski definition) is 4. The number of benzene rings is 3. The zero-order chi connectivity index (χ0) is 26.0. The number of rotatable bonds is 6. The molecule has 3 aromatic rings. The molecule has 1 aliphatic heterocycles. The summed E-state index contributed by atoms with van der Waals surface area (Å²) in [4.78, 5) is 15.3. The highest BCUT2D eigenvalue weighted by atomic mass is 19.2. The van der Waals surface area contributed by atoms with Crippen molar-refractivity contribution in [2.45, 2.75) is 13.8 Å². The van der Waals surface area contributed by atoms with Crippen molar-refractivity contribution in [2.75, 3.05) is 47.9 Å². The van der Waals surface area contributed by atoms with E-state index in [2.05, 4.69) is 5.32 Å². The summed E-state index contributed by atoms with van der Waals surface area (Å²) in [6, 6.07) is 12.6. The Kier molecular flexibility index (Phi) is 7.32. The van der Waals surface area contributed by atoms with Crippen LogP contribution < -0.4 is 19.9 Å². The van der Waals surface area contributed by atoms with Crippen LogP contribution in [0.1, 0.15) is 11.1 Å². The Bertz CT molecular complexity index is 1250. The van der Waals surface area contributed by atoms with E-state index in [9.17, 15) is 26.7 Å². The van der Waals surface area contributed by atoms with Gasteiger partial charge in [0.2, 0.25) is 5.82 Å². The Hall–Kier alpha value is -3.82. The van der Waals surface area contributed by atoms with Crippen LogP contribution in [0.2, 0.25) is 0 Å². The Labute approximate surface area is 205 Å². The summed E-state index contributed by atoms with van der Waals surface area (Å²) in [5.74, 6) is -9.42. The minimum atomic E-state index is -2.17. The van der Waals surface area contributed by atoms with Crippen LogP contribution in [0.4, 0.5) is 39.0 Å². The summed E-state index contributed by atoms with van der Waals surface area (Å²) in [7, 11) is 0. The van der Waals surface area contributed by atoms with E-state index in [1.165, 1.54) is 0 Å². The molecule has 0 spiro atoms. The van der Waals surface area contributed by atoms with Crippen molar-refractivity contribution in [1.29, 1.82) is 0 Å². The molecule has 1 amide bonds. The maximum atomic E-state index is 14.1. The second-order valence-corrected chi connectivity index (χ2v) is 8.47. The van der Waals surface area contributed by atoms with Crippen LogP contribution in [-0.2, 0) is 4.79 Å². The lowest BCUT2D eigenvalue weighted by atomic mass is 10.1. The molecule has 1 heterocycles. The first-order valence-corrected chi connectivity index (χ1v) is 11.3. The van der Waals surface area contributed by atoms with Crippen LogP contribution in [0.15, 0.2) is 42.5 Å². The zero-order valence-corrected chi connectivity index (χ0v) is 19.7. The van der Waals surface area contributed by atoms with Gasteiger partial charge in [-0.25, -0.2) is 22.0 Å². The van der Waals surface area contributed by atoms with Gasteiger partial charge in [0.25, 0.3) is 5.91 Å². The highest BCUT2D eigenvalue weighted by Crippen LogP contribution is 2.31. The quantitative estimate of drug-likeness (QED) is 0.279. The third-order valence-corrected chi connectivity index (χ3v) is 6.21. The third kappa shape index (κ3) is 5.07. The first-order chi connectivity index (χ1) is 17.2. The molecule has 1 saturated heterocycles. The van der Waals surface area contributed by atoms with Crippen molar-refractivity contribution in [2.24, 2.45) is 0 Å². The van der Waals surface area contributed by atoms with E-state index < -0.39 is 34.8 Å².